The fourth-order valence-electron chi connectivity index (χ4n) is 2.34. The van der Waals surface area contributed by atoms with E-state index in [1.807, 2.05) is 6.08 Å². The van der Waals surface area contributed by atoms with Crippen LogP contribution in [0.3, 0.4) is 0 Å². The lowest BCUT2D eigenvalue weighted by Gasteiger charge is -2.38. The Labute approximate surface area is 121 Å². The second-order valence-electron chi connectivity index (χ2n) is 6.82. The molecule has 0 atom stereocenters. The summed E-state index contributed by atoms with van der Waals surface area (Å²) in [7, 11) is 0. The maximum Gasteiger partial charge on any atom is 0.0317 e. The molecule has 0 unspecified atom stereocenters. The molecule has 0 N–H and O–H groups in total. The van der Waals surface area contributed by atoms with Gasteiger partial charge in [-0.15, -0.1) is 0 Å². The molecular weight excluding hydrogens is 230 g/mol. The molecule has 1 nitrogen and oxygen atoms in total. The SMILES string of the molecule is C=CC(=C)N(CCCCC(=C)CC(C)C)C(C)(C)C. The van der Waals surface area contributed by atoms with Gasteiger partial charge in [0.05, 0.1) is 0 Å². The third kappa shape index (κ3) is 7.92. The zero-order valence-corrected chi connectivity index (χ0v) is 13.8. The van der Waals surface area contributed by atoms with Crippen molar-refractivity contribution in [1.29, 1.82) is 0 Å². The second kappa shape index (κ2) is 8.24. The van der Waals surface area contributed by atoms with Gasteiger partial charge in [0.25, 0.3) is 0 Å². The van der Waals surface area contributed by atoms with Crippen molar-refractivity contribution in [3.8, 4) is 0 Å². The minimum atomic E-state index is 0.111. The largest absolute Gasteiger partial charge is 0.367 e. The van der Waals surface area contributed by atoms with Gasteiger partial charge in [-0.1, -0.05) is 39.2 Å². The van der Waals surface area contributed by atoms with E-state index in [0.717, 1.165) is 31.0 Å². The highest BCUT2D eigenvalue weighted by Crippen LogP contribution is 2.21. The molecule has 0 fully saturated rings. The molecule has 0 saturated heterocycles. The Morgan fingerprint density at radius 2 is 1.74 bits per heavy atom. The van der Waals surface area contributed by atoms with Crippen LogP contribution in [0, 0.1) is 5.92 Å². The van der Waals surface area contributed by atoms with Crippen LogP contribution < -0.4 is 0 Å². The third-order valence-corrected chi connectivity index (χ3v) is 3.25. The van der Waals surface area contributed by atoms with Gasteiger partial charge < -0.3 is 4.90 Å². The zero-order valence-electron chi connectivity index (χ0n) is 13.8. The van der Waals surface area contributed by atoms with Crippen LogP contribution in [-0.2, 0) is 0 Å². The van der Waals surface area contributed by atoms with Crippen LogP contribution >= 0.6 is 0 Å². The Hall–Kier alpha value is -0.980. The summed E-state index contributed by atoms with van der Waals surface area (Å²) in [4.78, 5) is 2.34. The Morgan fingerprint density at radius 1 is 1.16 bits per heavy atom. The maximum absolute atomic E-state index is 4.16. The summed E-state index contributed by atoms with van der Waals surface area (Å²) in [5, 5.41) is 0. The Morgan fingerprint density at radius 3 is 2.16 bits per heavy atom. The first-order valence-electron chi connectivity index (χ1n) is 7.44. The van der Waals surface area contributed by atoms with E-state index in [0.29, 0.717) is 0 Å². The third-order valence-electron chi connectivity index (χ3n) is 3.25. The summed E-state index contributed by atoms with van der Waals surface area (Å²) in [6, 6.07) is 0. The fraction of sp³-hybridized carbons (Fsp3) is 0.667. The number of hydrogen-bond donors (Lipinski definition) is 0. The number of nitrogens with zero attached hydrogens (tertiary/aromatic N) is 1. The second-order valence-corrected chi connectivity index (χ2v) is 6.82. The smallest absolute Gasteiger partial charge is 0.0317 e. The minimum Gasteiger partial charge on any atom is -0.367 e. The highest BCUT2D eigenvalue weighted by molar-refractivity contribution is 5.12. The normalized spacial score (nSPS) is 11.5. The van der Waals surface area contributed by atoms with Gasteiger partial charge in [-0.25, -0.2) is 0 Å². The van der Waals surface area contributed by atoms with E-state index in [-0.39, 0.29) is 5.54 Å². The zero-order chi connectivity index (χ0) is 15.1. The van der Waals surface area contributed by atoms with E-state index in [1.165, 1.54) is 18.4 Å². The van der Waals surface area contributed by atoms with E-state index < -0.39 is 0 Å². The van der Waals surface area contributed by atoms with Crippen molar-refractivity contribution in [2.45, 2.75) is 65.8 Å². The van der Waals surface area contributed by atoms with Crippen LogP contribution in [-0.4, -0.2) is 17.0 Å². The highest BCUT2D eigenvalue weighted by atomic mass is 15.2. The molecule has 0 aromatic rings. The summed E-state index contributed by atoms with van der Waals surface area (Å²) >= 11 is 0. The fourth-order valence-corrected chi connectivity index (χ4v) is 2.34. The molecular formula is C18H33N. The first kappa shape index (κ1) is 18.0. The summed E-state index contributed by atoms with van der Waals surface area (Å²) in [6.45, 7) is 24.3. The van der Waals surface area contributed by atoms with Gasteiger partial charge in [-0.2, -0.15) is 0 Å². The predicted molar refractivity (Wildman–Crippen MR) is 88.2 cm³/mol. The van der Waals surface area contributed by atoms with Crippen molar-refractivity contribution < 1.29 is 0 Å². The minimum absolute atomic E-state index is 0.111. The topological polar surface area (TPSA) is 3.24 Å². The monoisotopic (exact) mass is 263 g/mol. The van der Waals surface area contributed by atoms with Gasteiger partial charge in [-0.3, -0.25) is 0 Å². The Kier molecular flexibility index (Phi) is 7.82. The molecule has 0 aromatic carbocycles. The molecule has 0 aliphatic heterocycles. The molecule has 0 rings (SSSR count). The first-order valence-corrected chi connectivity index (χ1v) is 7.44. The van der Waals surface area contributed by atoms with Gasteiger partial charge in [0.1, 0.15) is 0 Å². The molecule has 110 valence electrons. The maximum atomic E-state index is 4.16. The molecule has 0 aliphatic carbocycles. The van der Waals surface area contributed by atoms with Crippen molar-refractivity contribution in [3.63, 3.8) is 0 Å². The van der Waals surface area contributed by atoms with Gasteiger partial charge in [0.2, 0.25) is 0 Å². The van der Waals surface area contributed by atoms with E-state index in [9.17, 15) is 0 Å². The summed E-state index contributed by atoms with van der Waals surface area (Å²) in [5.74, 6) is 0.721. The Bertz CT molecular complexity index is 304. The molecule has 19 heavy (non-hydrogen) atoms. The summed E-state index contributed by atoms with van der Waals surface area (Å²) in [6.07, 6.45) is 6.55. The summed E-state index contributed by atoms with van der Waals surface area (Å²) < 4.78 is 0. The average Bonchev–Trinajstić information content (AvgIpc) is 2.25. The molecule has 0 aromatic heterocycles. The summed E-state index contributed by atoms with van der Waals surface area (Å²) in [5.41, 5.74) is 2.52. The van der Waals surface area contributed by atoms with Crippen LogP contribution in [0.1, 0.15) is 60.3 Å². The standard InChI is InChI=1S/C18H33N/c1-9-17(5)19(18(6,7)8)13-11-10-12-16(4)14-15(2)3/h9,15H,1,4-5,10-14H2,2-3,6-8H3. The lowest BCUT2D eigenvalue weighted by atomic mass is 9.99. The van der Waals surface area contributed by atoms with Crippen LogP contribution in [0.4, 0.5) is 0 Å². The number of unbranched alkanes of at least 4 members (excludes halogenated alkanes) is 1. The van der Waals surface area contributed by atoms with Crippen LogP contribution in [0.5, 0.6) is 0 Å². The Balaban J connectivity index is 4.11. The van der Waals surface area contributed by atoms with Crippen LogP contribution in [0.2, 0.25) is 0 Å². The van der Waals surface area contributed by atoms with Gasteiger partial charge in [0.15, 0.2) is 0 Å². The van der Waals surface area contributed by atoms with Crippen molar-refractivity contribution in [1.82, 2.24) is 4.90 Å². The van der Waals surface area contributed by atoms with Crippen molar-refractivity contribution in [2.24, 2.45) is 5.92 Å². The van der Waals surface area contributed by atoms with Gasteiger partial charge >= 0.3 is 0 Å². The van der Waals surface area contributed by atoms with Crippen molar-refractivity contribution in [3.05, 3.63) is 37.1 Å². The van der Waals surface area contributed by atoms with E-state index in [4.69, 9.17) is 0 Å². The van der Waals surface area contributed by atoms with E-state index in [2.05, 4.69) is 59.3 Å². The molecule has 0 saturated carbocycles. The molecule has 0 spiro atoms. The van der Waals surface area contributed by atoms with Crippen LogP contribution in [0.25, 0.3) is 0 Å². The quantitative estimate of drug-likeness (QED) is 0.299. The number of allylic oxidation sites excluding steroid dienone is 2. The van der Waals surface area contributed by atoms with Crippen molar-refractivity contribution >= 4 is 0 Å². The van der Waals surface area contributed by atoms with E-state index >= 15 is 0 Å². The van der Waals surface area contributed by atoms with Gasteiger partial charge in [0, 0.05) is 17.8 Å². The molecule has 0 heterocycles. The van der Waals surface area contributed by atoms with Crippen molar-refractivity contribution in [2.75, 3.05) is 6.54 Å². The number of rotatable bonds is 9. The molecule has 0 bridgehead atoms. The molecule has 0 amide bonds. The average molecular weight is 263 g/mol. The first-order chi connectivity index (χ1) is 8.68. The van der Waals surface area contributed by atoms with Crippen LogP contribution in [0.15, 0.2) is 37.1 Å². The predicted octanol–water partition coefficient (Wildman–Crippen LogP) is 5.56. The van der Waals surface area contributed by atoms with Gasteiger partial charge in [-0.05, 0) is 58.4 Å². The lowest BCUT2D eigenvalue weighted by Crippen LogP contribution is -2.40. The number of hydrogen-bond acceptors (Lipinski definition) is 1. The highest BCUT2D eigenvalue weighted by Gasteiger charge is 2.20. The molecule has 0 radical (unpaired) electrons. The molecule has 1 heteroatoms. The molecule has 0 aliphatic rings. The lowest BCUT2D eigenvalue weighted by molar-refractivity contribution is 0.189. The van der Waals surface area contributed by atoms with E-state index in [1.54, 1.807) is 0 Å².